The molecule has 0 aliphatic heterocycles. The van der Waals surface area contributed by atoms with E-state index in [1.807, 2.05) is 24.3 Å². The van der Waals surface area contributed by atoms with E-state index in [4.69, 9.17) is 21.1 Å². The second kappa shape index (κ2) is 7.62. The van der Waals surface area contributed by atoms with Gasteiger partial charge in [-0.05, 0) is 48.0 Å². The van der Waals surface area contributed by atoms with Crippen molar-refractivity contribution in [2.45, 2.75) is 0 Å². The van der Waals surface area contributed by atoms with Crippen LogP contribution in [0.5, 0.6) is 5.75 Å². The maximum atomic E-state index is 12.0. The van der Waals surface area contributed by atoms with E-state index >= 15 is 0 Å². The minimum atomic E-state index is -0.0742. The van der Waals surface area contributed by atoms with Crippen molar-refractivity contribution in [1.29, 1.82) is 0 Å². The molecule has 2 aromatic rings. The molecule has 2 aromatic carbocycles. The predicted molar refractivity (Wildman–Crippen MR) is 83.8 cm³/mol. The number of carbonyl (C=O) groups excluding carboxylic acids is 1. The number of ketones is 1. The van der Waals surface area contributed by atoms with Crippen molar-refractivity contribution in [2.75, 3.05) is 13.9 Å². The lowest BCUT2D eigenvalue weighted by atomic mass is 10.1. The summed E-state index contributed by atoms with van der Waals surface area (Å²) in [5.41, 5.74) is 1.48. The van der Waals surface area contributed by atoms with Crippen LogP contribution in [0.1, 0.15) is 15.9 Å². The van der Waals surface area contributed by atoms with Crippen LogP contribution in [0.4, 0.5) is 0 Å². The first-order valence-corrected chi connectivity index (χ1v) is 6.76. The van der Waals surface area contributed by atoms with Gasteiger partial charge in [0, 0.05) is 17.7 Å². The summed E-state index contributed by atoms with van der Waals surface area (Å²) in [4.78, 5) is 12.0. The van der Waals surface area contributed by atoms with Crippen LogP contribution >= 0.6 is 11.6 Å². The summed E-state index contributed by atoms with van der Waals surface area (Å²) in [6.07, 6.45) is 3.27. The van der Waals surface area contributed by atoms with E-state index in [1.54, 1.807) is 37.5 Å². The Morgan fingerprint density at radius 3 is 2.67 bits per heavy atom. The third-order valence-corrected chi connectivity index (χ3v) is 3.01. The number of methoxy groups -OCH3 is 1. The van der Waals surface area contributed by atoms with Crippen molar-refractivity contribution in [3.63, 3.8) is 0 Å². The molecule has 0 aromatic heterocycles. The zero-order valence-electron chi connectivity index (χ0n) is 11.6. The number of ether oxygens (including phenoxy) is 2. The molecule has 0 amide bonds. The molecule has 108 valence electrons. The molecule has 0 aliphatic rings. The monoisotopic (exact) mass is 302 g/mol. The van der Waals surface area contributed by atoms with Crippen LogP contribution < -0.4 is 4.74 Å². The zero-order valence-corrected chi connectivity index (χ0v) is 12.3. The number of carbonyl (C=O) groups is 1. The highest BCUT2D eigenvalue weighted by Gasteiger charge is 2.01. The van der Waals surface area contributed by atoms with E-state index in [0.29, 0.717) is 16.3 Å². The van der Waals surface area contributed by atoms with Gasteiger partial charge in [-0.3, -0.25) is 4.79 Å². The van der Waals surface area contributed by atoms with Crippen molar-refractivity contribution >= 4 is 23.5 Å². The molecule has 21 heavy (non-hydrogen) atoms. The van der Waals surface area contributed by atoms with Gasteiger partial charge in [-0.15, -0.1) is 0 Å². The highest BCUT2D eigenvalue weighted by atomic mass is 35.5. The number of hydrogen-bond donors (Lipinski definition) is 0. The van der Waals surface area contributed by atoms with Crippen LogP contribution in [0.15, 0.2) is 54.6 Å². The lowest BCUT2D eigenvalue weighted by Crippen LogP contribution is -1.98. The lowest BCUT2D eigenvalue weighted by molar-refractivity contribution is 0.0511. The smallest absolute Gasteiger partial charge is 0.188 e. The van der Waals surface area contributed by atoms with E-state index in [1.165, 1.54) is 6.08 Å². The Kier molecular flexibility index (Phi) is 5.55. The van der Waals surface area contributed by atoms with Gasteiger partial charge in [0.1, 0.15) is 5.75 Å². The van der Waals surface area contributed by atoms with Gasteiger partial charge < -0.3 is 9.47 Å². The maximum Gasteiger partial charge on any atom is 0.188 e. The van der Waals surface area contributed by atoms with Crippen LogP contribution in [-0.2, 0) is 4.74 Å². The molecule has 0 bridgehead atoms. The molecule has 2 rings (SSSR count). The largest absolute Gasteiger partial charge is 0.468 e. The van der Waals surface area contributed by atoms with E-state index in [2.05, 4.69) is 0 Å². The summed E-state index contributed by atoms with van der Waals surface area (Å²) in [6.45, 7) is 0.191. The second-order valence-electron chi connectivity index (χ2n) is 4.33. The van der Waals surface area contributed by atoms with Crippen molar-refractivity contribution in [1.82, 2.24) is 0 Å². The molecule has 0 aliphatic carbocycles. The van der Waals surface area contributed by atoms with Gasteiger partial charge in [-0.1, -0.05) is 29.8 Å². The average Bonchev–Trinajstić information content (AvgIpc) is 2.52. The van der Waals surface area contributed by atoms with E-state index < -0.39 is 0 Å². The maximum absolute atomic E-state index is 12.0. The Bertz CT molecular complexity index is 633. The standard InChI is InChI=1S/C17H15ClO3/c1-20-12-21-16-4-2-3-13(11-16)5-10-17(19)14-6-8-15(18)9-7-14/h2-11H,12H2,1H3/b10-5+. The Hall–Kier alpha value is -2.10. The Labute approximate surface area is 128 Å². The molecule has 0 radical (unpaired) electrons. The van der Waals surface area contributed by atoms with Gasteiger partial charge in [-0.2, -0.15) is 0 Å². The molecule has 4 heteroatoms. The van der Waals surface area contributed by atoms with Crippen molar-refractivity contribution < 1.29 is 14.3 Å². The Morgan fingerprint density at radius 1 is 1.19 bits per heavy atom. The van der Waals surface area contributed by atoms with Crippen LogP contribution in [0, 0.1) is 0 Å². The quantitative estimate of drug-likeness (QED) is 0.455. The summed E-state index contributed by atoms with van der Waals surface area (Å²) in [5.74, 6) is 0.618. The van der Waals surface area contributed by atoms with Gasteiger partial charge in [-0.25, -0.2) is 0 Å². The van der Waals surface area contributed by atoms with Crippen LogP contribution in [0.25, 0.3) is 6.08 Å². The molecule has 0 N–H and O–H groups in total. The summed E-state index contributed by atoms with van der Waals surface area (Å²) in [5, 5.41) is 0.610. The summed E-state index contributed by atoms with van der Waals surface area (Å²) >= 11 is 5.79. The van der Waals surface area contributed by atoms with Gasteiger partial charge in [0.2, 0.25) is 0 Å². The third kappa shape index (κ3) is 4.74. The predicted octanol–water partition coefficient (Wildman–Crippen LogP) is 4.22. The van der Waals surface area contributed by atoms with Gasteiger partial charge >= 0.3 is 0 Å². The topological polar surface area (TPSA) is 35.5 Å². The first kappa shape index (κ1) is 15.3. The first-order valence-electron chi connectivity index (χ1n) is 6.39. The van der Waals surface area contributed by atoms with Crippen molar-refractivity contribution in [3.8, 4) is 5.75 Å². The summed E-state index contributed by atoms with van der Waals surface area (Å²) < 4.78 is 10.2. The SMILES string of the molecule is COCOc1cccc(/C=C/C(=O)c2ccc(Cl)cc2)c1. The molecular weight excluding hydrogens is 288 g/mol. The molecule has 0 saturated heterocycles. The third-order valence-electron chi connectivity index (χ3n) is 2.76. The van der Waals surface area contributed by atoms with E-state index in [-0.39, 0.29) is 12.6 Å². The van der Waals surface area contributed by atoms with Gasteiger partial charge in [0.25, 0.3) is 0 Å². The second-order valence-corrected chi connectivity index (χ2v) is 4.76. The molecule has 0 saturated carbocycles. The van der Waals surface area contributed by atoms with Gasteiger partial charge in [0.05, 0.1) is 0 Å². The molecular formula is C17H15ClO3. The fraction of sp³-hybridized carbons (Fsp3) is 0.118. The fourth-order valence-corrected chi connectivity index (χ4v) is 1.84. The highest BCUT2D eigenvalue weighted by molar-refractivity contribution is 6.30. The zero-order chi connectivity index (χ0) is 15.1. The number of rotatable bonds is 6. The minimum Gasteiger partial charge on any atom is -0.468 e. The van der Waals surface area contributed by atoms with Crippen LogP contribution in [0.2, 0.25) is 5.02 Å². The Morgan fingerprint density at radius 2 is 1.95 bits per heavy atom. The lowest BCUT2D eigenvalue weighted by Gasteiger charge is -2.04. The molecule has 3 nitrogen and oxygen atoms in total. The van der Waals surface area contributed by atoms with Crippen molar-refractivity contribution in [2.24, 2.45) is 0 Å². The number of halogens is 1. The fourth-order valence-electron chi connectivity index (χ4n) is 1.72. The number of hydrogen-bond acceptors (Lipinski definition) is 3. The molecule has 0 heterocycles. The highest BCUT2D eigenvalue weighted by Crippen LogP contribution is 2.15. The van der Waals surface area contributed by atoms with Crippen LogP contribution in [0.3, 0.4) is 0 Å². The average molecular weight is 303 g/mol. The molecule has 0 atom stereocenters. The molecule has 0 unspecified atom stereocenters. The number of allylic oxidation sites excluding steroid dienone is 1. The number of benzene rings is 2. The van der Waals surface area contributed by atoms with E-state index in [0.717, 1.165) is 5.56 Å². The minimum absolute atomic E-state index is 0.0742. The first-order chi connectivity index (χ1) is 10.2. The summed E-state index contributed by atoms with van der Waals surface area (Å²) in [7, 11) is 1.56. The van der Waals surface area contributed by atoms with Crippen LogP contribution in [-0.4, -0.2) is 19.7 Å². The van der Waals surface area contributed by atoms with E-state index in [9.17, 15) is 4.79 Å². The normalized spacial score (nSPS) is 10.8. The molecule has 0 fully saturated rings. The van der Waals surface area contributed by atoms with Crippen molar-refractivity contribution in [3.05, 3.63) is 70.8 Å². The Balaban J connectivity index is 2.06. The van der Waals surface area contributed by atoms with Gasteiger partial charge in [0.15, 0.2) is 12.6 Å². The summed E-state index contributed by atoms with van der Waals surface area (Å²) in [6, 6.07) is 14.2. The molecule has 0 spiro atoms.